The van der Waals surface area contributed by atoms with Crippen LogP contribution in [0.3, 0.4) is 0 Å². The molecule has 0 saturated heterocycles. The quantitative estimate of drug-likeness (QED) is 0.347. The standard InChI is InChI=1S/C26H26ClN3O7S/c1-13-6-7-15(10-17(13)27)29-20(31)12-38-25-16(11-28)21(22(24(32)30-25)26(33)37-5)14-8-18(34-2)23(36-4)19(9-14)35-3/h6-10,21-22H,12H2,1-5H3,(H,29,31)(H,30,32)/t21-,22-/m0/s1. The molecule has 0 fully saturated rings. The van der Waals surface area contributed by atoms with Gasteiger partial charge in [-0.15, -0.1) is 0 Å². The van der Waals surface area contributed by atoms with E-state index in [9.17, 15) is 19.6 Å². The first-order chi connectivity index (χ1) is 18.2. The molecule has 0 spiro atoms. The van der Waals surface area contributed by atoms with Crippen LogP contribution in [0.1, 0.15) is 17.0 Å². The molecule has 1 aliphatic heterocycles. The van der Waals surface area contributed by atoms with E-state index in [1.807, 2.05) is 6.92 Å². The molecule has 12 heteroatoms. The zero-order valence-corrected chi connectivity index (χ0v) is 22.9. The summed E-state index contributed by atoms with van der Waals surface area (Å²) in [5.74, 6) is -3.57. The first-order valence-corrected chi connectivity index (χ1v) is 12.6. The van der Waals surface area contributed by atoms with Crippen molar-refractivity contribution in [3.05, 3.63) is 57.1 Å². The Morgan fingerprint density at radius 2 is 1.76 bits per heavy atom. The van der Waals surface area contributed by atoms with Gasteiger partial charge in [-0.3, -0.25) is 14.4 Å². The third-order valence-electron chi connectivity index (χ3n) is 5.83. The Labute approximate surface area is 229 Å². The third-order valence-corrected chi connectivity index (χ3v) is 7.26. The van der Waals surface area contributed by atoms with Gasteiger partial charge in [-0.2, -0.15) is 5.26 Å². The molecule has 0 aromatic heterocycles. The summed E-state index contributed by atoms with van der Waals surface area (Å²) in [6, 6.07) is 10.3. The second kappa shape index (κ2) is 12.6. The van der Waals surface area contributed by atoms with Crippen molar-refractivity contribution in [3.63, 3.8) is 0 Å². The molecule has 2 amide bonds. The van der Waals surface area contributed by atoms with E-state index < -0.39 is 23.7 Å². The van der Waals surface area contributed by atoms with Crippen LogP contribution in [-0.2, 0) is 19.1 Å². The van der Waals surface area contributed by atoms with Crippen molar-refractivity contribution in [2.45, 2.75) is 12.8 Å². The molecular formula is C26H26ClN3O7S. The van der Waals surface area contributed by atoms with Crippen LogP contribution in [0.5, 0.6) is 17.2 Å². The van der Waals surface area contributed by atoms with E-state index in [0.29, 0.717) is 22.0 Å². The fraction of sp³-hybridized carbons (Fsp3) is 0.308. The van der Waals surface area contributed by atoms with E-state index >= 15 is 0 Å². The summed E-state index contributed by atoms with van der Waals surface area (Å²) in [6.45, 7) is 1.84. The van der Waals surface area contributed by atoms with E-state index in [4.69, 9.17) is 30.5 Å². The Balaban J connectivity index is 2.01. The van der Waals surface area contributed by atoms with Crippen molar-refractivity contribution in [2.75, 3.05) is 39.5 Å². The average Bonchev–Trinajstić information content (AvgIpc) is 2.92. The van der Waals surface area contributed by atoms with Gasteiger partial charge in [0.15, 0.2) is 11.5 Å². The van der Waals surface area contributed by atoms with Gasteiger partial charge in [-0.05, 0) is 42.3 Å². The van der Waals surface area contributed by atoms with Gasteiger partial charge in [0.1, 0.15) is 5.92 Å². The predicted molar refractivity (Wildman–Crippen MR) is 142 cm³/mol. The summed E-state index contributed by atoms with van der Waals surface area (Å²) in [7, 11) is 5.45. The number of halogens is 1. The topological polar surface area (TPSA) is 136 Å². The van der Waals surface area contributed by atoms with Gasteiger partial charge in [0.05, 0.1) is 50.9 Å². The second-order valence-corrected chi connectivity index (χ2v) is 9.47. The maximum Gasteiger partial charge on any atom is 0.319 e. The van der Waals surface area contributed by atoms with E-state index in [0.717, 1.165) is 24.4 Å². The Morgan fingerprint density at radius 1 is 1.11 bits per heavy atom. The van der Waals surface area contributed by atoms with Crippen LogP contribution in [0.2, 0.25) is 5.02 Å². The molecular weight excluding hydrogens is 534 g/mol. The van der Waals surface area contributed by atoms with Crippen molar-refractivity contribution in [2.24, 2.45) is 5.92 Å². The number of allylic oxidation sites excluding steroid dienone is 1. The van der Waals surface area contributed by atoms with Crippen LogP contribution < -0.4 is 24.8 Å². The number of amides is 2. The van der Waals surface area contributed by atoms with E-state index in [1.54, 1.807) is 30.3 Å². The van der Waals surface area contributed by atoms with Crippen molar-refractivity contribution in [3.8, 4) is 23.3 Å². The highest BCUT2D eigenvalue weighted by Gasteiger charge is 2.45. The molecule has 0 aliphatic carbocycles. The first-order valence-electron chi connectivity index (χ1n) is 11.2. The molecule has 0 unspecified atom stereocenters. The number of nitriles is 1. The number of esters is 1. The van der Waals surface area contributed by atoms with Crippen LogP contribution in [0, 0.1) is 24.2 Å². The van der Waals surface area contributed by atoms with Gasteiger partial charge in [0.2, 0.25) is 17.6 Å². The summed E-state index contributed by atoms with van der Waals surface area (Å²) in [5, 5.41) is 16.1. The number of nitrogens with one attached hydrogen (secondary N) is 2. The zero-order valence-electron chi connectivity index (χ0n) is 21.3. The summed E-state index contributed by atoms with van der Waals surface area (Å²) in [5.41, 5.74) is 1.84. The average molecular weight is 560 g/mol. The SMILES string of the molecule is COC(=O)[C@@H]1C(=O)NC(SCC(=O)Nc2ccc(C)c(Cl)c2)=C(C#N)[C@@H]1c1cc(OC)c(OC)c(OC)c1. The van der Waals surface area contributed by atoms with Gasteiger partial charge < -0.3 is 29.6 Å². The number of nitrogens with zero attached hydrogens (tertiary/aromatic N) is 1. The predicted octanol–water partition coefficient (Wildman–Crippen LogP) is 3.78. The molecule has 200 valence electrons. The van der Waals surface area contributed by atoms with E-state index in [2.05, 4.69) is 16.7 Å². The van der Waals surface area contributed by atoms with E-state index in [-0.39, 0.29) is 33.8 Å². The molecule has 1 aliphatic rings. The lowest BCUT2D eigenvalue weighted by molar-refractivity contribution is -0.150. The van der Waals surface area contributed by atoms with Crippen LogP contribution in [-0.4, -0.2) is 52.0 Å². The number of hydrogen-bond acceptors (Lipinski definition) is 9. The van der Waals surface area contributed by atoms with Crippen LogP contribution >= 0.6 is 23.4 Å². The van der Waals surface area contributed by atoms with Gasteiger partial charge in [-0.25, -0.2) is 0 Å². The van der Waals surface area contributed by atoms with Crippen LogP contribution in [0.25, 0.3) is 0 Å². The largest absolute Gasteiger partial charge is 0.493 e. The minimum absolute atomic E-state index is 0.0745. The number of hydrogen-bond donors (Lipinski definition) is 2. The highest BCUT2D eigenvalue weighted by atomic mass is 35.5. The number of thioether (sulfide) groups is 1. The number of aryl methyl sites for hydroxylation is 1. The molecule has 0 saturated carbocycles. The van der Waals surface area contributed by atoms with Crippen LogP contribution in [0.15, 0.2) is 40.9 Å². The lowest BCUT2D eigenvalue weighted by atomic mass is 9.78. The van der Waals surface area contributed by atoms with Gasteiger partial charge in [-0.1, -0.05) is 29.4 Å². The minimum Gasteiger partial charge on any atom is -0.493 e. The maximum atomic E-state index is 13.1. The van der Waals surface area contributed by atoms with Crippen molar-refractivity contribution < 1.29 is 33.3 Å². The fourth-order valence-corrected chi connectivity index (χ4v) is 4.99. The monoisotopic (exact) mass is 559 g/mol. The highest BCUT2D eigenvalue weighted by Crippen LogP contribution is 2.46. The smallest absolute Gasteiger partial charge is 0.319 e. The number of anilines is 1. The van der Waals surface area contributed by atoms with Crippen LogP contribution in [0.4, 0.5) is 5.69 Å². The number of rotatable bonds is 9. The molecule has 2 aromatic rings. The Hall–Kier alpha value is -3.88. The summed E-state index contributed by atoms with van der Waals surface area (Å²) < 4.78 is 21.1. The Kier molecular flexibility index (Phi) is 9.50. The molecule has 10 nitrogen and oxygen atoms in total. The maximum absolute atomic E-state index is 13.1. The molecule has 0 bridgehead atoms. The number of benzene rings is 2. The number of ether oxygens (including phenoxy) is 4. The molecule has 2 atom stereocenters. The second-order valence-electron chi connectivity index (χ2n) is 8.08. The number of methoxy groups -OCH3 is 4. The molecule has 38 heavy (non-hydrogen) atoms. The van der Waals surface area contributed by atoms with Gasteiger partial charge in [0.25, 0.3) is 0 Å². The highest BCUT2D eigenvalue weighted by molar-refractivity contribution is 8.03. The minimum atomic E-state index is -1.37. The summed E-state index contributed by atoms with van der Waals surface area (Å²) in [4.78, 5) is 38.4. The number of carbonyl (C=O) groups is 3. The zero-order chi connectivity index (χ0) is 28.0. The summed E-state index contributed by atoms with van der Waals surface area (Å²) >= 11 is 7.08. The molecule has 3 rings (SSSR count). The van der Waals surface area contributed by atoms with Crippen molar-refractivity contribution >= 4 is 46.8 Å². The normalized spacial score (nSPS) is 16.7. The Bertz CT molecular complexity index is 1310. The molecule has 1 heterocycles. The first kappa shape index (κ1) is 28.7. The van der Waals surface area contributed by atoms with Gasteiger partial charge in [0, 0.05) is 16.6 Å². The number of carbonyl (C=O) groups excluding carboxylic acids is 3. The summed E-state index contributed by atoms with van der Waals surface area (Å²) in [6.07, 6.45) is 0. The van der Waals surface area contributed by atoms with Gasteiger partial charge >= 0.3 is 5.97 Å². The lowest BCUT2D eigenvalue weighted by Gasteiger charge is -2.31. The van der Waals surface area contributed by atoms with Crippen molar-refractivity contribution in [1.82, 2.24) is 5.32 Å². The molecule has 2 N–H and O–H groups in total. The molecule has 0 radical (unpaired) electrons. The Morgan fingerprint density at radius 3 is 2.29 bits per heavy atom. The molecule has 2 aromatic carbocycles. The fourth-order valence-electron chi connectivity index (χ4n) is 3.97. The lowest BCUT2D eigenvalue weighted by Crippen LogP contribution is -2.44. The van der Waals surface area contributed by atoms with Crippen molar-refractivity contribution in [1.29, 1.82) is 5.26 Å². The van der Waals surface area contributed by atoms with E-state index in [1.165, 1.54) is 21.3 Å². The third kappa shape index (κ3) is 5.98.